The molecule has 0 amide bonds. The molecule has 6 heteroatoms. The van der Waals surface area contributed by atoms with Crippen LogP contribution in [0.2, 0.25) is 0 Å². The minimum absolute atomic E-state index is 0.231. The number of nitriles is 1. The first-order chi connectivity index (χ1) is 13.7. The Morgan fingerprint density at radius 1 is 0.964 bits per heavy atom. The van der Waals surface area contributed by atoms with E-state index in [2.05, 4.69) is 52.4 Å². The van der Waals surface area contributed by atoms with Crippen LogP contribution < -0.4 is 5.32 Å². The SMILES string of the molecule is Cc1cccc(C)c1Nc1ccc(-n2nc(-c3cccnc3)nc2C#N)cc1. The number of anilines is 2. The van der Waals surface area contributed by atoms with Crippen molar-refractivity contribution in [2.24, 2.45) is 0 Å². The lowest BCUT2D eigenvalue weighted by molar-refractivity contribution is 0.865. The van der Waals surface area contributed by atoms with Crippen molar-refractivity contribution in [2.45, 2.75) is 13.8 Å². The number of nitrogens with zero attached hydrogens (tertiary/aromatic N) is 5. The third-order valence-corrected chi connectivity index (χ3v) is 4.49. The van der Waals surface area contributed by atoms with Gasteiger partial charge in [0.05, 0.1) is 5.69 Å². The summed E-state index contributed by atoms with van der Waals surface area (Å²) in [6.07, 6.45) is 3.37. The van der Waals surface area contributed by atoms with Crippen molar-refractivity contribution in [1.82, 2.24) is 19.7 Å². The molecule has 0 aliphatic carbocycles. The van der Waals surface area contributed by atoms with Crippen LogP contribution in [0, 0.1) is 25.2 Å². The van der Waals surface area contributed by atoms with Gasteiger partial charge < -0.3 is 5.32 Å². The smallest absolute Gasteiger partial charge is 0.236 e. The summed E-state index contributed by atoms with van der Waals surface area (Å²) in [5, 5.41) is 17.4. The van der Waals surface area contributed by atoms with E-state index in [0.717, 1.165) is 22.6 Å². The Hall–Kier alpha value is -3.98. The van der Waals surface area contributed by atoms with Crippen LogP contribution in [0.25, 0.3) is 17.1 Å². The van der Waals surface area contributed by atoms with Crippen LogP contribution in [0.3, 0.4) is 0 Å². The Labute approximate surface area is 163 Å². The van der Waals surface area contributed by atoms with E-state index < -0.39 is 0 Å². The molecule has 2 heterocycles. The zero-order chi connectivity index (χ0) is 19.5. The quantitative estimate of drug-likeness (QED) is 0.573. The lowest BCUT2D eigenvalue weighted by Gasteiger charge is -2.13. The van der Waals surface area contributed by atoms with E-state index in [1.54, 1.807) is 17.1 Å². The summed E-state index contributed by atoms with van der Waals surface area (Å²) in [7, 11) is 0. The fraction of sp³-hybridized carbons (Fsp3) is 0.0909. The molecule has 0 aliphatic rings. The van der Waals surface area contributed by atoms with Crippen LogP contribution in [0.5, 0.6) is 0 Å². The van der Waals surface area contributed by atoms with E-state index in [0.29, 0.717) is 5.82 Å². The number of hydrogen-bond donors (Lipinski definition) is 1. The number of rotatable bonds is 4. The number of aromatic nitrogens is 4. The van der Waals surface area contributed by atoms with Crippen LogP contribution >= 0.6 is 0 Å². The second-order valence-electron chi connectivity index (χ2n) is 6.46. The largest absolute Gasteiger partial charge is 0.355 e. The first-order valence-electron chi connectivity index (χ1n) is 8.87. The predicted octanol–water partition coefficient (Wildman–Crippen LogP) is 4.56. The number of pyridine rings is 1. The molecule has 0 saturated heterocycles. The van der Waals surface area contributed by atoms with Gasteiger partial charge in [0.15, 0.2) is 5.82 Å². The number of nitrogens with one attached hydrogen (secondary N) is 1. The van der Waals surface area contributed by atoms with E-state index in [9.17, 15) is 5.26 Å². The van der Waals surface area contributed by atoms with Crippen molar-refractivity contribution in [2.75, 3.05) is 5.32 Å². The topological polar surface area (TPSA) is 79.4 Å². The number of hydrogen-bond acceptors (Lipinski definition) is 5. The van der Waals surface area contributed by atoms with Gasteiger partial charge in [0, 0.05) is 29.3 Å². The van der Waals surface area contributed by atoms with E-state index in [1.165, 1.54) is 11.1 Å². The normalized spacial score (nSPS) is 10.5. The van der Waals surface area contributed by atoms with Gasteiger partial charge in [-0.05, 0) is 61.4 Å². The minimum Gasteiger partial charge on any atom is -0.355 e. The first kappa shape index (κ1) is 17.4. The molecular formula is C22H18N6. The highest BCUT2D eigenvalue weighted by molar-refractivity contribution is 5.67. The van der Waals surface area contributed by atoms with Crippen molar-refractivity contribution in [3.63, 3.8) is 0 Å². The highest BCUT2D eigenvalue weighted by Gasteiger charge is 2.13. The molecule has 0 radical (unpaired) electrons. The Balaban J connectivity index is 1.64. The van der Waals surface area contributed by atoms with Gasteiger partial charge in [-0.3, -0.25) is 4.98 Å². The lowest BCUT2D eigenvalue weighted by atomic mass is 10.1. The zero-order valence-electron chi connectivity index (χ0n) is 15.6. The van der Waals surface area contributed by atoms with E-state index in [4.69, 9.17) is 0 Å². The number of aryl methyl sites for hydroxylation is 2. The van der Waals surface area contributed by atoms with Crippen molar-refractivity contribution in [3.05, 3.63) is 83.9 Å². The van der Waals surface area contributed by atoms with Gasteiger partial charge >= 0.3 is 0 Å². The average Bonchev–Trinajstić information content (AvgIpc) is 3.16. The summed E-state index contributed by atoms with van der Waals surface area (Å²) < 4.78 is 1.55. The highest BCUT2D eigenvalue weighted by atomic mass is 15.3. The summed E-state index contributed by atoms with van der Waals surface area (Å²) in [6.45, 7) is 4.16. The summed E-state index contributed by atoms with van der Waals surface area (Å²) in [5.41, 5.74) is 5.98. The predicted molar refractivity (Wildman–Crippen MR) is 109 cm³/mol. The van der Waals surface area contributed by atoms with Crippen LogP contribution in [0.15, 0.2) is 67.0 Å². The third kappa shape index (κ3) is 3.33. The standard InChI is InChI=1S/C22H18N6/c1-15-5-3-6-16(2)21(15)25-18-8-10-19(11-9-18)28-20(13-23)26-22(27-28)17-7-4-12-24-14-17/h3-12,14,25H,1-2H3. The maximum absolute atomic E-state index is 9.45. The Kier molecular flexibility index (Phi) is 4.56. The molecule has 0 atom stereocenters. The molecule has 0 saturated carbocycles. The average molecular weight is 366 g/mol. The molecule has 1 N–H and O–H groups in total. The monoisotopic (exact) mass is 366 g/mol. The van der Waals surface area contributed by atoms with Crippen LogP contribution in [-0.2, 0) is 0 Å². The Morgan fingerprint density at radius 3 is 2.36 bits per heavy atom. The molecule has 0 spiro atoms. The molecule has 2 aromatic heterocycles. The molecule has 4 aromatic rings. The molecule has 0 fully saturated rings. The van der Waals surface area contributed by atoms with Crippen molar-refractivity contribution in [3.8, 4) is 23.1 Å². The molecule has 0 unspecified atom stereocenters. The molecule has 136 valence electrons. The van der Waals surface area contributed by atoms with Crippen molar-refractivity contribution >= 4 is 11.4 Å². The van der Waals surface area contributed by atoms with Crippen LogP contribution in [0.4, 0.5) is 11.4 Å². The fourth-order valence-corrected chi connectivity index (χ4v) is 3.02. The summed E-state index contributed by atoms with van der Waals surface area (Å²) >= 11 is 0. The minimum atomic E-state index is 0.231. The molecular weight excluding hydrogens is 348 g/mol. The highest BCUT2D eigenvalue weighted by Crippen LogP contribution is 2.25. The van der Waals surface area contributed by atoms with E-state index in [-0.39, 0.29) is 5.82 Å². The van der Waals surface area contributed by atoms with Gasteiger partial charge in [0.25, 0.3) is 0 Å². The van der Waals surface area contributed by atoms with Gasteiger partial charge in [-0.25, -0.2) is 4.68 Å². The van der Waals surface area contributed by atoms with E-state index in [1.807, 2.05) is 42.5 Å². The molecule has 2 aromatic carbocycles. The van der Waals surface area contributed by atoms with Crippen molar-refractivity contribution < 1.29 is 0 Å². The van der Waals surface area contributed by atoms with Gasteiger partial charge in [0.1, 0.15) is 6.07 Å². The zero-order valence-corrected chi connectivity index (χ0v) is 15.6. The van der Waals surface area contributed by atoms with Crippen LogP contribution in [0.1, 0.15) is 17.0 Å². The molecule has 28 heavy (non-hydrogen) atoms. The van der Waals surface area contributed by atoms with E-state index >= 15 is 0 Å². The van der Waals surface area contributed by atoms with Gasteiger partial charge in [0.2, 0.25) is 5.82 Å². The van der Waals surface area contributed by atoms with Crippen molar-refractivity contribution in [1.29, 1.82) is 5.26 Å². The number of para-hydroxylation sites is 1. The molecule has 0 bridgehead atoms. The second-order valence-corrected chi connectivity index (χ2v) is 6.46. The summed E-state index contributed by atoms with van der Waals surface area (Å²) in [5.74, 6) is 0.705. The molecule has 4 rings (SSSR count). The second kappa shape index (κ2) is 7.33. The first-order valence-corrected chi connectivity index (χ1v) is 8.87. The number of benzene rings is 2. The third-order valence-electron chi connectivity index (χ3n) is 4.49. The Bertz CT molecular complexity index is 1130. The van der Waals surface area contributed by atoms with Gasteiger partial charge in [-0.1, -0.05) is 18.2 Å². The summed E-state index contributed by atoms with van der Waals surface area (Å²) in [4.78, 5) is 8.41. The maximum Gasteiger partial charge on any atom is 0.236 e. The fourth-order valence-electron chi connectivity index (χ4n) is 3.02. The molecule has 6 nitrogen and oxygen atoms in total. The van der Waals surface area contributed by atoms with Crippen LogP contribution in [-0.4, -0.2) is 19.7 Å². The molecule has 0 aliphatic heterocycles. The Morgan fingerprint density at radius 2 is 1.71 bits per heavy atom. The van der Waals surface area contributed by atoms with Gasteiger partial charge in [-0.15, -0.1) is 5.10 Å². The maximum atomic E-state index is 9.45. The van der Waals surface area contributed by atoms with Gasteiger partial charge in [-0.2, -0.15) is 10.2 Å². The summed E-state index contributed by atoms with van der Waals surface area (Å²) in [6, 6.07) is 19.8. The lowest BCUT2D eigenvalue weighted by Crippen LogP contribution is -2.01.